The van der Waals surface area contributed by atoms with E-state index in [-0.39, 0.29) is 0 Å². The van der Waals surface area contributed by atoms with Gasteiger partial charge in [-0.3, -0.25) is 0 Å². The molecule has 0 unspecified atom stereocenters. The number of nitrogens with zero attached hydrogens (tertiary/aromatic N) is 3. The van der Waals surface area contributed by atoms with Crippen molar-refractivity contribution in [3.63, 3.8) is 0 Å². The van der Waals surface area contributed by atoms with E-state index in [1.54, 1.807) is 0 Å². The maximum absolute atomic E-state index is 4.50. The fourth-order valence-electron chi connectivity index (χ4n) is 2.01. The molecule has 4 nitrogen and oxygen atoms in total. The van der Waals surface area contributed by atoms with Crippen molar-refractivity contribution in [2.75, 3.05) is 12.4 Å². The molecule has 0 spiro atoms. The molecule has 90 valence electrons. The summed E-state index contributed by atoms with van der Waals surface area (Å²) in [7, 11) is 1.86. The second kappa shape index (κ2) is 4.14. The number of hydrogen-bond acceptors (Lipinski definition) is 3. The van der Waals surface area contributed by atoms with Crippen molar-refractivity contribution in [2.45, 2.75) is 6.92 Å². The maximum atomic E-state index is 4.50. The van der Waals surface area contributed by atoms with E-state index in [1.807, 2.05) is 36.0 Å². The molecule has 0 saturated carbocycles. The lowest BCUT2D eigenvalue weighted by Crippen LogP contribution is -1.99. The van der Waals surface area contributed by atoms with Crippen LogP contribution < -0.4 is 5.32 Å². The smallest absolute Gasteiger partial charge is 0.154 e. The lowest BCUT2D eigenvalue weighted by Gasteiger charge is -2.04. The molecule has 0 aliphatic rings. The molecule has 0 aliphatic heterocycles. The molecule has 1 aromatic carbocycles. The Kier molecular flexibility index (Phi) is 2.48. The SMILES string of the molecule is CNc1ccc2ncc(-c3cccc(C)c3)n2n1. The summed E-state index contributed by atoms with van der Waals surface area (Å²) in [6.45, 7) is 2.08. The first-order valence-corrected chi connectivity index (χ1v) is 5.87. The van der Waals surface area contributed by atoms with E-state index in [9.17, 15) is 0 Å². The van der Waals surface area contributed by atoms with Gasteiger partial charge in [-0.15, -0.1) is 5.10 Å². The molecule has 0 amide bonds. The summed E-state index contributed by atoms with van der Waals surface area (Å²) < 4.78 is 1.86. The van der Waals surface area contributed by atoms with Gasteiger partial charge in [0, 0.05) is 12.6 Å². The van der Waals surface area contributed by atoms with Crippen molar-refractivity contribution in [3.05, 3.63) is 48.2 Å². The van der Waals surface area contributed by atoms with Crippen LogP contribution in [0.25, 0.3) is 16.9 Å². The monoisotopic (exact) mass is 238 g/mol. The van der Waals surface area contributed by atoms with Crippen molar-refractivity contribution in [3.8, 4) is 11.3 Å². The Labute approximate surface area is 105 Å². The Morgan fingerprint density at radius 2 is 2.06 bits per heavy atom. The number of fused-ring (bicyclic) bond motifs is 1. The second-order valence-electron chi connectivity index (χ2n) is 4.25. The van der Waals surface area contributed by atoms with E-state index in [4.69, 9.17) is 0 Å². The molecule has 0 fully saturated rings. The zero-order chi connectivity index (χ0) is 12.5. The lowest BCUT2D eigenvalue weighted by molar-refractivity contribution is 0.945. The van der Waals surface area contributed by atoms with Crippen LogP contribution in [0.1, 0.15) is 5.56 Å². The van der Waals surface area contributed by atoms with Gasteiger partial charge in [-0.25, -0.2) is 9.50 Å². The Balaban J connectivity index is 2.22. The summed E-state index contributed by atoms with van der Waals surface area (Å²) in [5, 5.41) is 7.54. The largest absolute Gasteiger partial charge is 0.372 e. The maximum Gasteiger partial charge on any atom is 0.154 e. The summed E-state index contributed by atoms with van der Waals surface area (Å²) in [6, 6.07) is 12.2. The summed E-state index contributed by atoms with van der Waals surface area (Å²) in [6.07, 6.45) is 1.86. The van der Waals surface area contributed by atoms with Crippen molar-refractivity contribution in [1.29, 1.82) is 0 Å². The molecule has 3 aromatic rings. The molecule has 2 aromatic heterocycles. The zero-order valence-electron chi connectivity index (χ0n) is 10.4. The molecule has 1 N–H and O–H groups in total. The molecule has 0 bridgehead atoms. The molecule has 0 atom stereocenters. The first-order chi connectivity index (χ1) is 8.78. The van der Waals surface area contributed by atoms with Crippen LogP contribution in [0.3, 0.4) is 0 Å². The van der Waals surface area contributed by atoms with Crippen LogP contribution in [0.15, 0.2) is 42.6 Å². The number of benzene rings is 1. The third kappa shape index (κ3) is 1.72. The topological polar surface area (TPSA) is 42.2 Å². The van der Waals surface area contributed by atoms with Crippen LogP contribution in [-0.2, 0) is 0 Å². The highest BCUT2D eigenvalue weighted by Gasteiger charge is 2.07. The van der Waals surface area contributed by atoms with Crippen molar-refractivity contribution in [2.24, 2.45) is 0 Å². The predicted octanol–water partition coefficient (Wildman–Crippen LogP) is 2.75. The Bertz CT molecular complexity index is 700. The van der Waals surface area contributed by atoms with Gasteiger partial charge < -0.3 is 5.32 Å². The normalized spacial score (nSPS) is 10.8. The quantitative estimate of drug-likeness (QED) is 0.746. The van der Waals surface area contributed by atoms with Crippen LogP contribution >= 0.6 is 0 Å². The summed E-state index contributed by atoms with van der Waals surface area (Å²) in [4.78, 5) is 4.37. The lowest BCUT2D eigenvalue weighted by atomic mass is 10.1. The van der Waals surface area contributed by atoms with Gasteiger partial charge in [0.05, 0.1) is 11.9 Å². The van der Waals surface area contributed by atoms with Gasteiger partial charge in [0.25, 0.3) is 0 Å². The van der Waals surface area contributed by atoms with Gasteiger partial charge in [0.1, 0.15) is 5.82 Å². The van der Waals surface area contributed by atoms with Gasteiger partial charge in [-0.05, 0) is 25.1 Å². The highest BCUT2D eigenvalue weighted by molar-refractivity contribution is 5.64. The minimum Gasteiger partial charge on any atom is -0.372 e. The van der Waals surface area contributed by atoms with Gasteiger partial charge in [-0.2, -0.15) is 0 Å². The Morgan fingerprint density at radius 1 is 1.17 bits per heavy atom. The van der Waals surface area contributed by atoms with E-state index in [0.717, 1.165) is 22.7 Å². The molecule has 2 heterocycles. The molecule has 0 aliphatic carbocycles. The number of aromatic nitrogens is 3. The first kappa shape index (κ1) is 10.8. The van der Waals surface area contributed by atoms with E-state index in [2.05, 4.69) is 40.5 Å². The number of anilines is 1. The Morgan fingerprint density at radius 3 is 2.83 bits per heavy atom. The molecule has 4 heteroatoms. The fourth-order valence-corrected chi connectivity index (χ4v) is 2.01. The average molecular weight is 238 g/mol. The number of hydrogen-bond donors (Lipinski definition) is 1. The number of imidazole rings is 1. The fraction of sp³-hybridized carbons (Fsp3) is 0.143. The van der Waals surface area contributed by atoms with Crippen LogP contribution in [0.5, 0.6) is 0 Å². The number of aryl methyl sites for hydroxylation is 1. The van der Waals surface area contributed by atoms with Crippen molar-refractivity contribution < 1.29 is 0 Å². The number of rotatable bonds is 2. The zero-order valence-corrected chi connectivity index (χ0v) is 10.4. The van der Waals surface area contributed by atoms with Gasteiger partial charge in [0.15, 0.2) is 5.65 Å². The molecule has 3 rings (SSSR count). The molecule has 18 heavy (non-hydrogen) atoms. The molecular formula is C14H14N4. The Hall–Kier alpha value is -2.36. The van der Waals surface area contributed by atoms with E-state index >= 15 is 0 Å². The minimum absolute atomic E-state index is 0.828. The van der Waals surface area contributed by atoms with Crippen LogP contribution in [0.4, 0.5) is 5.82 Å². The highest BCUT2D eigenvalue weighted by Crippen LogP contribution is 2.21. The van der Waals surface area contributed by atoms with E-state index in [1.165, 1.54) is 5.56 Å². The van der Waals surface area contributed by atoms with Gasteiger partial charge >= 0.3 is 0 Å². The standard InChI is InChI=1S/C14H14N4/c1-10-4-3-5-11(8-10)12-9-16-14-7-6-13(15-2)17-18(12)14/h3-9H,1-2H3,(H,15,17). The van der Waals surface area contributed by atoms with Crippen LogP contribution in [-0.4, -0.2) is 21.6 Å². The summed E-state index contributed by atoms with van der Waals surface area (Å²) in [5.41, 5.74) is 4.21. The van der Waals surface area contributed by atoms with Gasteiger partial charge in [-0.1, -0.05) is 23.8 Å². The minimum atomic E-state index is 0.828. The van der Waals surface area contributed by atoms with Crippen LogP contribution in [0, 0.1) is 6.92 Å². The van der Waals surface area contributed by atoms with Crippen molar-refractivity contribution in [1.82, 2.24) is 14.6 Å². The molecule has 0 saturated heterocycles. The third-order valence-electron chi connectivity index (χ3n) is 2.93. The molecule has 0 radical (unpaired) electrons. The van der Waals surface area contributed by atoms with E-state index < -0.39 is 0 Å². The predicted molar refractivity (Wildman–Crippen MR) is 72.7 cm³/mol. The third-order valence-corrected chi connectivity index (χ3v) is 2.93. The average Bonchev–Trinajstić information content (AvgIpc) is 2.81. The van der Waals surface area contributed by atoms with Crippen molar-refractivity contribution >= 4 is 11.5 Å². The highest BCUT2D eigenvalue weighted by atomic mass is 15.3. The second-order valence-corrected chi connectivity index (χ2v) is 4.25. The summed E-state index contributed by atoms with van der Waals surface area (Å²) in [5.74, 6) is 0.828. The van der Waals surface area contributed by atoms with Gasteiger partial charge in [0.2, 0.25) is 0 Å². The van der Waals surface area contributed by atoms with Crippen LogP contribution in [0.2, 0.25) is 0 Å². The number of nitrogens with one attached hydrogen (secondary N) is 1. The van der Waals surface area contributed by atoms with E-state index in [0.29, 0.717) is 0 Å². The summed E-state index contributed by atoms with van der Waals surface area (Å²) >= 11 is 0. The molecular weight excluding hydrogens is 224 g/mol. The first-order valence-electron chi connectivity index (χ1n) is 5.87.